The predicted molar refractivity (Wildman–Crippen MR) is 50.6 cm³/mol. The summed E-state index contributed by atoms with van der Waals surface area (Å²) in [5.41, 5.74) is 0. The molecule has 12 heavy (non-hydrogen) atoms. The van der Waals surface area contributed by atoms with Crippen LogP contribution < -0.4 is 0 Å². The summed E-state index contributed by atoms with van der Waals surface area (Å²) >= 11 is 0. The Morgan fingerprint density at radius 1 is 1.50 bits per heavy atom. The van der Waals surface area contributed by atoms with E-state index in [0.29, 0.717) is 6.42 Å². The molecule has 0 spiro atoms. The highest BCUT2D eigenvalue weighted by atomic mass is 16.6. The molecule has 0 aliphatic heterocycles. The van der Waals surface area contributed by atoms with Crippen molar-refractivity contribution < 1.29 is 9.84 Å². The van der Waals surface area contributed by atoms with Gasteiger partial charge in [-0.3, -0.25) is 0 Å². The van der Waals surface area contributed by atoms with Gasteiger partial charge in [-0.25, -0.2) is 0 Å². The zero-order valence-corrected chi connectivity index (χ0v) is 7.70. The van der Waals surface area contributed by atoms with Gasteiger partial charge in [-0.1, -0.05) is 19.4 Å². The van der Waals surface area contributed by atoms with Gasteiger partial charge in [-0.15, -0.1) is 6.58 Å². The van der Waals surface area contributed by atoms with Crippen molar-refractivity contribution in [3.05, 3.63) is 25.0 Å². The van der Waals surface area contributed by atoms with E-state index < -0.39 is 6.29 Å². The molecule has 1 N–H and O–H groups in total. The van der Waals surface area contributed by atoms with E-state index in [1.54, 1.807) is 12.3 Å². The van der Waals surface area contributed by atoms with E-state index >= 15 is 0 Å². The van der Waals surface area contributed by atoms with Gasteiger partial charge in [0, 0.05) is 6.42 Å². The SMILES string of the molecule is C=CCCC(O)OC=CCCC. The normalized spacial score (nSPS) is 13.2. The Morgan fingerprint density at radius 2 is 2.25 bits per heavy atom. The predicted octanol–water partition coefficient (Wildman–Crippen LogP) is 2.60. The number of allylic oxidation sites excluding steroid dienone is 2. The Morgan fingerprint density at radius 3 is 2.83 bits per heavy atom. The summed E-state index contributed by atoms with van der Waals surface area (Å²) in [7, 11) is 0. The molecule has 0 heterocycles. The molecule has 0 aliphatic carbocycles. The second-order valence-electron chi connectivity index (χ2n) is 2.62. The van der Waals surface area contributed by atoms with Gasteiger partial charge >= 0.3 is 0 Å². The van der Waals surface area contributed by atoms with Crippen molar-refractivity contribution >= 4 is 0 Å². The summed E-state index contributed by atoms with van der Waals surface area (Å²) in [6.07, 6.45) is 8.05. The summed E-state index contributed by atoms with van der Waals surface area (Å²) in [6.45, 7) is 5.65. The van der Waals surface area contributed by atoms with Crippen LogP contribution in [0.4, 0.5) is 0 Å². The number of aliphatic hydroxyl groups is 1. The maximum atomic E-state index is 9.16. The quantitative estimate of drug-likeness (QED) is 0.361. The van der Waals surface area contributed by atoms with E-state index in [0.717, 1.165) is 19.3 Å². The topological polar surface area (TPSA) is 29.5 Å². The van der Waals surface area contributed by atoms with Crippen molar-refractivity contribution in [1.82, 2.24) is 0 Å². The summed E-state index contributed by atoms with van der Waals surface area (Å²) in [6, 6.07) is 0. The van der Waals surface area contributed by atoms with Crippen LogP contribution in [0.2, 0.25) is 0 Å². The largest absolute Gasteiger partial charge is 0.473 e. The Bertz CT molecular complexity index is 130. The molecule has 0 aromatic rings. The van der Waals surface area contributed by atoms with Gasteiger partial charge in [-0.2, -0.15) is 0 Å². The van der Waals surface area contributed by atoms with E-state index in [2.05, 4.69) is 13.5 Å². The Kier molecular flexibility index (Phi) is 7.81. The summed E-state index contributed by atoms with van der Waals surface area (Å²) in [5, 5.41) is 9.16. The van der Waals surface area contributed by atoms with Gasteiger partial charge in [0.2, 0.25) is 0 Å². The molecule has 70 valence electrons. The van der Waals surface area contributed by atoms with Crippen LogP contribution in [0, 0.1) is 0 Å². The molecule has 0 fully saturated rings. The highest BCUT2D eigenvalue weighted by molar-refractivity contribution is 4.73. The van der Waals surface area contributed by atoms with Gasteiger partial charge in [0.1, 0.15) is 0 Å². The van der Waals surface area contributed by atoms with Crippen LogP contribution in [-0.2, 0) is 4.74 Å². The van der Waals surface area contributed by atoms with Crippen LogP contribution in [-0.4, -0.2) is 11.4 Å². The molecule has 1 unspecified atom stereocenters. The second kappa shape index (κ2) is 8.34. The molecular formula is C10H18O2. The van der Waals surface area contributed by atoms with Crippen LogP contribution in [0.5, 0.6) is 0 Å². The van der Waals surface area contributed by atoms with Gasteiger partial charge in [0.15, 0.2) is 6.29 Å². The first kappa shape index (κ1) is 11.2. The molecule has 0 aromatic heterocycles. The lowest BCUT2D eigenvalue weighted by atomic mass is 10.3. The fraction of sp³-hybridized carbons (Fsp3) is 0.600. The summed E-state index contributed by atoms with van der Waals surface area (Å²) < 4.78 is 4.97. The lowest BCUT2D eigenvalue weighted by Gasteiger charge is -2.07. The molecule has 0 saturated heterocycles. The Balaban J connectivity index is 3.29. The smallest absolute Gasteiger partial charge is 0.196 e. The zero-order chi connectivity index (χ0) is 9.23. The van der Waals surface area contributed by atoms with Crippen molar-refractivity contribution in [2.24, 2.45) is 0 Å². The molecule has 0 amide bonds. The van der Waals surface area contributed by atoms with Crippen molar-refractivity contribution in [2.45, 2.75) is 38.9 Å². The first-order chi connectivity index (χ1) is 5.81. The fourth-order valence-corrected chi connectivity index (χ4v) is 0.709. The van der Waals surface area contributed by atoms with Crippen LogP contribution in [0.3, 0.4) is 0 Å². The maximum absolute atomic E-state index is 9.16. The van der Waals surface area contributed by atoms with E-state index in [4.69, 9.17) is 9.84 Å². The minimum absolute atomic E-state index is 0.611. The van der Waals surface area contributed by atoms with Crippen LogP contribution in [0.15, 0.2) is 25.0 Å². The molecular weight excluding hydrogens is 152 g/mol. The van der Waals surface area contributed by atoms with Gasteiger partial charge in [-0.05, 0) is 18.9 Å². The lowest BCUT2D eigenvalue weighted by Crippen LogP contribution is -2.06. The first-order valence-electron chi connectivity index (χ1n) is 4.40. The molecule has 0 aromatic carbocycles. The molecule has 1 atom stereocenters. The molecule has 0 bridgehead atoms. The number of unbranched alkanes of at least 4 members (excludes halogenated alkanes) is 1. The Hall–Kier alpha value is -0.760. The third kappa shape index (κ3) is 7.35. The molecule has 0 aliphatic rings. The first-order valence-corrected chi connectivity index (χ1v) is 4.40. The highest BCUT2D eigenvalue weighted by Gasteiger charge is 1.98. The van der Waals surface area contributed by atoms with E-state index in [1.807, 2.05) is 6.08 Å². The lowest BCUT2D eigenvalue weighted by molar-refractivity contribution is -0.0553. The van der Waals surface area contributed by atoms with Crippen LogP contribution in [0.1, 0.15) is 32.6 Å². The zero-order valence-electron chi connectivity index (χ0n) is 7.70. The van der Waals surface area contributed by atoms with Crippen molar-refractivity contribution in [2.75, 3.05) is 0 Å². The second-order valence-corrected chi connectivity index (χ2v) is 2.62. The molecule has 0 saturated carbocycles. The third-order valence-corrected chi connectivity index (χ3v) is 1.40. The third-order valence-electron chi connectivity index (χ3n) is 1.40. The standard InChI is InChI=1S/C10H18O2/c1-3-5-7-9-12-10(11)8-6-4-2/h4,7,9-11H,2-3,5-6,8H2,1H3. The molecule has 2 nitrogen and oxygen atoms in total. The monoisotopic (exact) mass is 170 g/mol. The number of hydrogen-bond donors (Lipinski definition) is 1. The molecule has 0 radical (unpaired) electrons. The van der Waals surface area contributed by atoms with Crippen molar-refractivity contribution in [3.63, 3.8) is 0 Å². The van der Waals surface area contributed by atoms with Crippen LogP contribution in [0.25, 0.3) is 0 Å². The van der Waals surface area contributed by atoms with E-state index in [-0.39, 0.29) is 0 Å². The number of hydrogen-bond acceptors (Lipinski definition) is 2. The highest BCUT2D eigenvalue weighted by Crippen LogP contribution is 2.00. The summed E-state index contributed by atoms with van der Waals surface area (Å²) in [5.74, 6) is 0. The van der Waals surface area contributed by atoms with Crippen molar-refractivity contribution in [1.29, 1.82) is 0 Å². The van der Waals surface area contributed by atoms with Gasteiger partial charge < -0.3 is 9.84 Å². The molecule has 0 rings (SSSR count). The minimum atomic E-state index is -0.684. The van der Waals surface area contributed by atoms with Crippen LogP contribution >= 0.6 is 0 Å². The van der Waals surface area contributed by atoms with E-state index in [9.17, 15) is 0 Å². The minimum Gasteiger partial charge on any atom is -0.473 e. The Labute approximate surface area is 74.6 Å². The maximum Gasteiger partial charge on any atom is 0.196 e. The average Bonchev–Trinajstić information content (AvgIpc) is 2.09. The number of aliphatic hydroxyl groups excluding tert-OH is 1. The fourth-order valence-electron chi connectivity index (χ4n) is 0.709. The number of ether oxygens (including phenoxy) is 1. The van der Waals surface area contributed by atoms with E-state index in [1.165, 1.54) is 0 Å². The molecule has 2 heteroatoms. The average molecular weight is 170 g/mol. The van der Waals surface area contributed by atoms with Gasteiger partial charge in [0.25, 0.3) is 0 Å². The van der Waals surface area contributed by atoms with Crippen molar-refractivity contribution in [3.8, 4) is 0 Å². The van der Waals surface area contributed by atoms with Gasteiger partial charge in [0.05, 0.1) is 6.26 Å². The summed E-state index contributed by atoms with van der Waals surface area (Å²) in [4.78, 5) is 0. The number of rotatable bonds is 7.